The molecule has 1 fully saturated rings. The van der Waals surface area contributed by atoms with Gasteiger partial charge in [-0.05, 0) is 81.3 Å². The smallest absolute Gasteiger partial charge is 0.340 e. The molecule has 0 bridgehead atoms. The number of hydrogen-bond acceptors (Lipinski definition) is 6. The van der Waals surface area contributed by atoms with E-state index in [1.165, 1.54) is 12.1 Å². The molecule has 0 radical (unpaired) electrons. The molecular formula is C34H42ClFN2O4. The third-order valence-corrected chi connectivity index (χ3v) is 7.75. The number of nitrogens with zero attached hydrogens (tertiary/aromatic N) is 2. The van der Waals surface area contributed by atoms with Crippen molar-refractivity contribution in [2.45, 2.75) is 72.5 Å². The van der Waals surface area contributed by atoms with Crippen LogP contribution in [0.2, 0.25) is 5.15 Å². The maximum Gasteiger partial charge on any atom is 0.340 e. The summed E-state index contributed by atoms with van der Waals surface area (Å²) in [5.41, 5.74) is 3.76. The summed E-state index contributed by atoms with van der Waals surface area (Å²) < 4.78 is 31.0. The fourth-order valence-electron chi connectivity index (χ4n) is 5.08. The van der Waals surface area contributed by atoms with E-state index in [-0.39, 0.29) is 23.0 Å². The van der Waals surface area contributed by atoms with E-state index in [0.29, 0.717) is 18.6 Å². The lowest BCUT2D eigenvalue weighted by Gasteiger charge is -2.40. The lowest BCUT2D eigenvalue weighted by molar-refractivity contribution is -0.166. The van der Waals surface area contributed by atoms with Crippen molar-refractivity contribution < 1.29 is 23.4 Å². The maximum absolute atomic E-state index is 13.3. The van der Waals surface area contributed by atoms with Gasteiger partial charge in [-0.3, -0.25) is 0 Å². The summed E-state index contributed by atoms with van der Waals surface area (Å²) >= 11 is 6.81. The molecule has 1 aromatic heterocycles. The molecule has 0 spiro atoms. The second kappa shape index (κ2) is 13.4. The first-order valence-electron chi connectivity index (χ1n) is 14.6. The Labute approximate surface area is 254 Å². The molecule has 42 heavy (non-hydrogen) atoms. The lowest BCUT2D eigenvalue weighted by atomic mass is 9.82. The fraction of sp³-hybridized carbons (Fsp3) is 0.471. The number of anilines is 1. The summed E-state index contributed by atoms with van der Waals surface area (Å²) in [6, 6.07) is 14.3. The standard InChI is InChI=1S/C34H42ClFN2O4/c1-7-40-32(39)30(42-33(2,3)4)28-29(38-19-17-34(5,6)18-20-38)27(22-37-31(28)35)24-10-14-26(15-11-24)41-21-16-23-8-12-25(36)13-9-23/h8-15,22,30H,7,16-21H2,1-6H3/t30-/m0/s1. The third-order valence-electron chi connectivity index (χ3n) is 7.45. The summed E-state index contributed by atoms with van der Waals surface area (Å²) in [6.07, 6.45) is 3.40. The van der Waals surface area contributed by atoms with Crippen LogP contribution in [0.25, 0.3) is 11.1 Å². The predicted octanol–water partition coefficient (Wildman–Crippen LogP) is 8.21. The molecule has 1 aliphatic rings. The SMILES string of the molecule is CCOC(=O)[C@@H](OC(C)(C)C)c1c(Cl)ncc(-c2ccc(OCCc3ccc(F)cc3)cc2)c1N1CCC(C)(C)CC1. The van der Waals surface area contributed by atoms with Gasteiger partial charge in [-0.1, -0.05) is 49.7 Å². The first-order valence-corrected chi connectivity index (χ1v) is 15.0. The van der Waals surface area contributed by atoms with Crippen LogP contribution in [0.1, 0.15) is 71.6 Å². The number of carbonyl (C=O) groups is 1. The molecule has 0 amide bonds. The molecule has 1 atom stereocenters. The predicted molar refractivity (Wildman–Crippen MR) is 166 cm³/mol. The minimum Gasteiger partial charge on any atom is -0.493 e. The Morgan fingerprint density at radius 2 is 1.71 bits per heavy atom. The lowest BCUT2D eigenvalue weighted by Crippen LogP contribution is -2.39. The van der Waals surface area contributed by atoms with Gasteiger partial charge in [-0.25, -0.2) is 14.2 Å². The molecule has 2 heterocycles. The topological polar surface area (TPSA) is 60.9 Å². The molecule has 1 saturated heterocycles. The Balaban J connectivity index is 1.69. The first kappa shape index (κ1) is 31.8. The van der Waals surface area contributed by atoms with E-state index in [4.69, 9.17) is 25.8 Å². The quantitative estimate of drug-likeness (QED) is 0.174. The van der Waals surface area contributed by atoms with Crippen LogP contribution >= 0.6 is 11.6 Å². The van der Waals surface area contributed by atoms with Gasteiger partial charge in [0, 0.05) is 31.3 Å². The van der Waals surface area contributed by atoms with Crippen molar-refractivity contribution in [1.82, 2.24) is 4.98 Å². The van der Waals surface area contributed by atoms with Crippen molar-refractivity contribution >= 4 is 23.3 Å². The number of aromatic nitrogens is 1. The highest BCUT2D eigenvalue weighted by molar-refractivity contribution is 6.31. The van der Waals surface area contributed by atoms with Gasteiger partial charge in [0.2, 0.25) is 0 Å². The van der Waals surface area contributed by atoms with Gasteiger partial charge in [0.05, 0.1) is 30.1 Å². The van der Waals surface area contributed by atoms with Gasteiger partial charge < -0.3 is 19.1 Å². The Morgan fingerprint density at radius 1 is 1.07 bits per heavy atom. The summed E-state index contributed by atoms with van der Waals surface area (Å²) in [5.74, 6) is -0.0113. The van der Waals surface area contributed by atoms with E-state index in [0.717, 1.165) is 54.1 Å². The van der Waals surface area contributed by atoms with Crippen LogP contribution in [0, 0.1) is 11.2 Å². The van der Waals surface area contributed by atoms with Crippen LogP contribution in [0.4, 0.5) is 10.1 Å². The van der Waals surface area contributed by atoms with Gasteiger partial charge in [0.15, 0.2) is 6.10 Å². The average Bonchev–Trinajstić information content (AvgIpc) is 2.93. The highest BCUT2D eigenvalue weighted by Crippen LogP contribution is 2.45. The highest BCUT2D eigenvalue weighted by Gasteiger charge is 2.37. The molecule has 8 heteroatoms. The van der Waals surface area contributed by atoms with Gasteiger partial charge >= 0.3 is 5.97 Å². The Bertz CT molecular complexity index is 1340. The molecule has 1 aliphatic heterocycles. The first-order chi connectivity index (χ1) is 19.9. The largest absolute Gasteiger partial charge is 0.493 e. The molecule has 226 valence electrons. The fourth-order valence-corrected chi connectivity index (χ4v) is 5.32. The van der Waals surface area contributed by atoms with Crippen molar-refractivity contribution in [2.75, 3.05) is 31.2 Å². The molecule has 6 nitrogen and oxygen atoms in total. The summed E-state index contributed by atoms with van der Waals surface area (Å²) in [7, 11) is 0. The van der Waals surface area contributed by atoms with E-state index in [9.17, 15) is 9.18 Å². The summed E-state index contributed by atoms with van der Waals surface area (Å²) in [4.78, 5) is 20.2. The zero-order valence-electron chi connectivity index (χ0n) is 25.5. The number of halogens is 2. The number of carbonyl (C=O) groups excluding carboxylic acids is 1. The second-order valence-electron chi connectivity index (χ2n) is 12.5. The summed E-state index contributed by atoms with van der Waals surface area (Å²) in [5, 5.41) is 0.224. The molecule has 2 aromatic carbocycles. The molecule has 0 unspecified atom stereocenters. The van der Waals surface area contributed by atoms with Crippen LogP contribution in [0.15, 0.2) is 54.7 Å². The highest BCUT2D eigenvalue weighted by atomic mass is 35.5. The van der Waals surface area contributed by atoms with Crippen LogP contribution < -0.4 is 9.64 Å². The van der Waals surface area contributed by atoms with E-state index in [1.54, 1.807) is 25.3 Å². The minimum absolute atomic E-state index is 0.224. The van der Waals surface area contributed by atoms with Gasteiger partial charge in [-0.15, -0.1) is 0 Å². The molecular weight excluding hydrogens is 555 g/mol. The number of esters is 1. The number of rotatable bonds is 10. The number of hydrogen-bond donors (Lipinski definition) is 0. The van der Waals surface area contributed by atoms with E-state index in [2.05, 4.69) is 23.7 Å². The molecule has 4 rings (SSSR count). The van der Waals surface area contributed by atoms with Crippen molar-refractivity contribution in [3.63, 3.8) is 0 Å². The third kappa shape index (κ3) is 8.23. The average molecular weight is 597 g/mol. The van der Waals surface area contributed by atoms with Gasteiger partial charge in [0.25, 0.3) is 0 Å². The van der Waals surface area contributed by atoms with Crippen molar-refractivity contribution in [3.05, 3.63) is 76.8 Å². The monoisotopic (exact) mass is 596 g/mol. The Hall–Kier alpha value is -3.16. The van der Waals surface area contributed by atoms with E-state index >= 15 is 0 Å². The van der Waals surface area contributed by atoms with E-state index in [1.807, 2.05) is 45.0 Å². The number of benzene rings is 2. The van der Waals surface area contributed by atoms with Crippen molar-refractivity contribution in [2.24, 2.45) is 5.41 Å². The summed E-state index contributed by atoms with van der Waals surface area (Å²) in [6.45, 7) is 14.4. The normalized spacial score (nSPS) is 15.8. The van der Waals surface area contributed by atoms with Crippen molar-refractivity contribution in [1.29, 1.82) is 0 Å². The van der Waals surface area contributed by atoms with Crippen LogP contribution in [0.5, 0.6) is 5.75 Å². The van der Waals surface area contributed by atoms with E-state index < -0.39 is 17.7 Å². The molecule has 3 aromatic rings. The Morgan fingerprint density at radius 3 is 2.31 bits per heavy atom. The van der Waals surface area contributed by atoms with Crippen LogP contribution in [0.3, 0.4) is 0 Å². The zero-order valence-corrected chi connectivity index (χ0v) is 26.3. The van der Waals surface area contributed by atoms with Gasteiger partial charge in [0.1, 0.15) is 16.7 Å². The van der Waals surface area contributed by atoms with Crippen LogP contribution in [-0.2, 0) is 20.7 Å². The number of pyridine rings is 1. The number of ether oxygens (including phenoxy) is 3. The van der Waals surface area contributed by atoms with Crippen molar-refractivity contribution in [3.8, 4) is 16.9 Å². The molecule has 0 aliphatic carbocycles. The second-order valence-corrected chi connectivity index (χ2v) is 12.8. The molecule has 0 N–H and O–H groups in total. The zero-order chi connectivity index (χ0) is 30.5. The van der Waals surface area contributed by atoms with Gasteiger partial charge in [-0.2, -0.15) is 0 Å². The number of piperidine rings is 1. The van der Waals surface area contributed by atoms with Crippen LogP contribution in [-0.4, -0.2) is 42.9 Å². The molecule has 0 saturated carbocycles. The Kier molecular flexibility index (Phi) is 10.2. The maximum atomic E-state index is 13.3. The minimum atomic E-state index is -1.04.